The molecule has 0 saturated carbocycles. The van der Waals surface area contributed by atoms with Gasteiger partial charge in [-0.15, -0.1) is 11.7 Å². The Morgan fingerprint density at radius 2 is 1.90 bits per heavy atom. The Balaban J connectivity index is 1.64. The van der Waals surface area contributed by atoms with Gasteiger partial charge in [0, 0.05) is 17.7 Å². The lowest BCUT2D eigenvalue weighted by Crippen LogP contribution is -2.32. The fourth-order valence-corrected chi connectivity index (χ4v) is 4.68. The molecule has 0 saturated heterocycles. The van der Waals surface area contributed by atoms with Crippen LogP contribution in [0, 0.1) is 0 Å². The van der Waals surface area contributed by atoms with Crippen molar-refractivity contribution in [1.29, 1.82) is 0 Å². The maximum atomic E-state index is 13.2. The molecule has 7 nitrogen and oxygen atoms in total. The monoisotopic (exact) mass is 430 g/mol. The lowest BCUT2D eigenvalue weighted by molar-refractivity contribution is -0.112. The fourth-order valence-electron chi connectivity index (χ4n) is 3.68. The van der Waals surface area contributed by atoms with E-state index in [1.54, 1.807) is 11.0 Å². The summed E-state index contributed by atoms with van der Waals surface area (Å²) in [4.78, 5) is 32.9. The van der Waals surface area contributed by atoms with E-state index in [1.165, 1.54) is 15.9 Å². The first-order valence-electron chi connectivity index (χ1n) is 9.81. The van der Waals surface area contributed by atoms with Crippen LogP contribution in [-0.4, -0.2) is 33.7 Å². The first kappa shape index (κ1) is 19.2. The zero-order valence-electron chi connectivity index (χ0n) is 16.7. The molecule has 5 rings (SSSR count). The maximum Gasteiger partial charge on any atom is 0.291 e. The Morgan fingerprint density at radius 1 is 1.13 bits per heavy atom. The maximum absolute atomic E-state index is 13.2. The number of anilines is 1. The highest BCUT2D eigenvalue weighted by Crippen LogP contribution is 2.35. The number of nitrogens with zero attached hydrogens (tertiary/aromatic N) is 4. The number of aromatic nitrogens is 3. The van der Waals surface area contributed by atoms with Crippen molar-refractivity contribution in [2.24, 2.45) is 0 Å². The van der Waals surface area contributed by atoms with Crippen molar-refractivity contribution < 1.29 is 9.53 Å². The fraction of sp³-hybridized carbons (Fsp3) is 0.130. The summed E-state index contributed by atoms with van der Waals surface area (Å²) >= 11 is 1.18. The van der Waals surface area contributed by atoms with Crippen LogP contribution in [0.4, 0.5) is 5.69 Å². The molecule has 1 aliphatic rings. The highest BCUT2D eigenvalue weighted by Gasteiger charge is 2.33. The second kappa shape index (κ2) is 7.48. The van der Waals surface area contributed by atoms with Gasteiger partial charge >= 0.3 is 0 Å². The van der Waals surface area contributed by atoms with Crippen molar-refractivity contribution >= 4 is 33.5 Å². The largest absolute Gasteiger partial charge is 0.494 e. The van der Waals surface area contributed by atoms with E-state index < -0.39 is 0 Å². The molecule has 0 spiro atoms. The molecule has 0 N–H and O–H groups in total. The molecule has 2 aromatic carbocycles. The molecular formula is C23H18N4O3S. The average Bonchev–Trinajstić information content (AvgIpc) is 3.41. The third-order valence-corrected chi connectivity index (χ3v) is 6.07. The first-order chi connectivity index (χ1) is 15.1. The molecule has 1 aliphatic heterocycles. The quantitative estimate of drug-likeness (QED) is 0.455. The van der Waals surface area contributed by atoms with Crippen molar-refractivity contribution in [3.05, 3.63) is 81.6 Å². The minimum absolute atomic E-state index is 0.213. The Morgan fingerprint density at radius 3 is 2.61 bits per heavy atom. The van der Waals surface area contributed by atoms with Crippen LogP contribution in [0.25, 0.3) is 21.9 Å². The van der Waals surface area contributed by atoms with E-state index in [4.69, 9.17) is 4.74 Å². The molecular weight excluding hydrogens is 412 g/mol. The second-order valence-corrected chi connectivity index (χ2v) is 7.90. The predicted molar refractivity (Wildman–Crippen MR) is 120 cm³/mol. The number of benzene rings is 2. The van der Waals surface area contributed by atoms with Gasteiger partial charge in [0.1, 0.15) is 10.3 Å². The molecule has 8 heteroatoms. The van der Waals surface area contributed by atoms with Gasteiger partial charge in [0.25, 0.3) is 11.5 Å². The van der Waals surface area contributed by atoms with Gasteiger partial charge in [-0.2, -0.15) is 9.50 Å². The van der Waals surface area contributed by atoms with E-state index in [2.05, 4.69) is 16.7 Å². The normalized spacial score (nSPS) is 14.9. The van der Waals surface area contributed by atoms with Crippen molar-refractivity contribution in [2.75, 3.05) is 18.1 Å². The van der Waals surface area contributed by atoms with E-state index in [1.807, 2.05) is 55.5 Å². The molecule has 154 valence electrons. The van der Waals surface area contributed by atoms with Gasteiger partial charge < -0.3 is 9.64 Å². The summed E-state index contributed by atoms with van der Waals surface area (Å²) in [5.74, 6) is 1.00. The third kappa shape index (κ3) is 3.03. The number of ether oxygens (including phenoxy) is 1. The summed E-state index contributed by atoms with van der Waals surface area (Å²) in [6, 6.07) is 14.8. The van der Waals surface area contributed by atoms with E-state index in [9.17, 15) is 9.59 Å². The van der Waals surface area contributed by atoms with Crippen LogP contribution >= 0.6 is 11.3 Å². The van der Waals surface area contributed by atoms with Crippen LogP contribution in [0.2, 0.25) is 0 Å². The Kier molecular flexibility index (Phi) is 4.63. The van der Waals surface area contributed by atoms with Crippen molar-refractivity contribution in [3.8, 4) is 17.1 Å². The van der Waals surface area contributed by atoms with E-state index in [0.717, 1.165) is 22.6 Å². The van der Waals surface area contributed by atoms with Crippen LogP contribution in [0.5, 0.6) is 5.75 Å². The van der Waals surface area contributed by atoms with Crippen LogP contribution in [0.3, 0.4) is 0 Å². The number of hydrogen-bond acceptors (Lipinski definition) is 6. The molecule has 1 amide bonds. The number of carbonyl (C=O) groups excluding carboxylic acids is 1. The van der Waals surface area contributed by atoms with Gasteiger partial charge in [0.05, 0.1) is 17.9 Å². The zero-order chi connectivity index (χ0) is 21.5. The van der Waals surface area contributed by atoms with E-state index in [-0.39, 0.29) is 11.5 Å². The van der Waals surface area contributed by atoms with Crippen molar-refractivity contribution in [1.82, 2.24) is 14.6 Å². The smallest absolute Gasteiger partial charge is 0.291 e. The SMILES string of the molecule is C=CCN1C(=O)C(=c2sc3nc(-c4ccc(OCC)cc4)nn3c2=O)c2ccccc21. The summed E-state index contributed by atoms with van der Waals surface area (Å²) in [5, 5.41) is 4.39. The number of fused-ring (bicyclic) bond motifs is 2. The van der Waals surface area contributed by atoms with Crippen LogP contribution < -0.4 is 19.7 Å². The first-order valence-corrected chi connectivity index (χ1v) is 10.6. The number of rotatable bonds is 5. The van der Waals surface area contributed by atoms with Gasteiger partial charge in [-0.3, -0.25) is 9.59 Å². The Bertz CT molecular complexity index is 1440. The van der Waals surface area contributed by atoms with Gasteiger partial charge in [0.2, 0.25) is 4.96 Å². The number of carbonyl (C=O) groups is 1. The second-order valence-electron chi connectivity index (χ2n) is 6.92. The lowest BCUT2D eigenvalue weighted by atomic mass is 10.1. The van der Waals surface area contributed by atoms with Gasteiger partial charge in [0.15, 0.2) is 5.82 Å². The standard InChI is InChI=1S/C23H18N4O3S/c1-3-13-26-17-8-6-5-7-16(17)18(21(26)28)19-22(29)27-23(31-19)24-20(25-27)14-9-11-15(12-10-14)30-4-2/h3,5-12H,1,4,13H2,2H3. The molecule has 3 heterocycles. The van der Waals surface area contributed by atoms with Crippen molar-refractivity contribution in [2.45, 2.75) is 6.92 Å². The van der Waals surface area contributed by atoms with Crippen molar-refractivity contribution in [3.63, 3.8) is 0 Å². The topological polar surface area (TPSA) is 76.8 Å². The zero-order valence-corrected chi connectivity index (χ0v) is 17.6. The molecule has 31 heavy (non-hydrogen) atoms. The molecule has 0 fully saturated rings. The minimum atomic E-state index is -0.344. The molecule has 0 atom stereocenters. The molecule has 4 aromatic rings. The van der Waals surface area contributed by atoms with Gasteiger partial charge in [-0.05, 0) is 37.3 Å². The summed E-state index contributed by atoms with van der Waals surface area (Å²) in [6.45, 7) is 6.62. The lowest BCUT2D eigenvalue weighted by Gasteiger charge is -2.13. The Hall–Kier alpha value is -3.78. The minimum Gasteiger partial charge on any atom is -0.494 e. The molecule has 0 aliphatic carbocycles. The van der Waals surface area contributed by atoms with E-state index in [0.29, 0.717) is 34.0 Å². The highest BCUT2D eigenvalue weighted by atomic mass is 32.1. The highest BCUT2D eigenvalue weighted by molar-refractivity contribution is 7.15. The summed E-state index contributed by atoms with van der Waals surface area (Å²) in [6.07, 6.45) is 1.67. The third-order valence-electron chi connectivity index (χ3n) is 5.04. The number of hydrogen-bond donors (Lipinski definition) is 0. The number of thiazole rings is 1. The molecule has 0 bridgehead atoms. The summed E-state index contributed by atoms with van der Waals surface area (Å²) < 4.78 is 7.07. The van der Waals surface area contributed by atoms with Crippen LogP contribution in [0.15, 0.2) is 66.0 Å². The van der Waals surface area contributed by atoms with Crippen LogP contribution in [0.1, 0.15) is 12.5 Å². The summed E-state index contributed by atoms with van der Waals surface area (Å²) in [5.41, 5.74) is 2.34. The average molecular weight is 430 g/mol. The predicted octanol–water partition coefficient (Wildman–Crippen LogP) is 2.67. The molecule has 0 unspecified atom stereocenters. The van der Waals surface area contributed by atoms with Gasteiger partial charge in [-0.1, -0.05) is 35.6 Å². The van der Waals surface area contributed by atoms with Crippen LogP contribution in [-0.2, 0) is 4.79 Å². The Labute approximate surface area is 181 Å². The van der Waals surface area contributed by atoms with Gasteiger partial charge in [-0.25, -0.2) is 0 Å². The number of para-hydroxylation sites is 1. The number of amides is 1. The summed E-state index contributed by atoms with van der Waals surface area (Å²) in [7, 11) is 0. The molecule has 2 aromatic heterocycles. The molecule has 0 radical (unpaired) electrons. The van der Waals surface area contributed by atoms with E-state index >= 15 is 0 Å².